The van der Waals surface area contributed by atoms with Crippen molar-refractivity contribution in [3.05, 3.63) is 220 Å². The highest BCUT2D eigenvalue weighted by atomic mass is 32.2. The lowest BCUT2D eigenvalue weighted by molar-refractivity contribution is -0.114. The minimum absolute atomic E-state index is 0.0474. The van der Waals surface area contributed by atoms with E-state index in [2.05, 4.69) is 65.3 Å². The van der Waals surface area contributed by atoms with Crippen LogP contribution in [-0.2, 0) is 116 Å². The number of fused-ring (bicyclic) bond motifs is 4. The van der Waals surface area contributed by atoms with Crippen LogP contribution in [0.5, 0.6) is 0 Å². The molecule has 0 fully saturated rings. The van der Waals surface area contributed by atoms with E-state index in [9.17, 15) is 60.1 Å². The quantitative estimate of drug-likeness (QED) is 0.0344. The highest BCUT2D eigenvalue weighted by Gasteiger charge is 2.32. The van der Waals surface area contributed by atoms with E-state index in [-0.39, 0.29) is 35.9 Å². The van der Waals surface area contributed by atoms with Crippen molar-refractivity contribution in [2.75, 3.05) is 33.9 Å². The van der Waals surface area contributed by atoms with Gasteiger partial charge in [0.05, 0.1) is 39.2 Å². The van der Waals surface area contributed by atoms with Crippen LogP contribution >= 0.6 is 0 Å². The van der Waals surface area contributed by atoms with Crippen LogP contribution in [0.25, 0.3) is 44.5 Å². The van der Waals surface area contributed by atoms with Crippen LogP contribution in [0.3, 0.4) is 0 Å². The number of nitrogens with zero attached hydrogens (tertiary/aromatic N) is 1. The van der Waals surface area contributed by atoms with E-state index in [1.54, 1.807) is 80.5 Å². The Morgan fingerprint density at radius 3 is 0.981 bits per heavy atom. The number of ketones is 1. The summed E-state index contributed by atoms with van der Waals surface area (Å²) in [6.07, 6.45) is 7.81. The third kappa shape index (κ3) is 21.9. The first-order chi connectivity index (χ1) is 49.5. The summed E-state index contributed by atoms with van der Waals surface area (Å²) in [7, 11) is -18.2. The number of carbonyl (C=O) groups excluding carboxylic acids is 2. The Kier molecular flexibility index (Phi) is 26.1. The first-order valence-corrected chi connectivity index (χ1v) is 45.1. The Morgan fingerprint density at radius 1 is 0.349 bits per heavy atom. The minimum atomic E-state index is -3.33. The second-order valence-corrected chi connectivity index (χ2v) is 41.7. The molecule has 0 spiro atoms. The molecule has 8 aromatic rings. The predicted octanol–water partition coefficient (Wildman–Crippen LogP) is 11.5. The van der Waals surface area contributed by atoms with E-state index in [1.165, 1.54) is 46.8 Å². The molecule has 4 unspecified atom stereocenters. The van der Waals surface area contributed by atoms with Gasteiger partial charge in [0.25, 0.3) is 0 Å². The Labute approximate surface area is 627 Å². The summed E-state index contributed by atoms with van der Waals surface area (Å²) in [5, 5.41) is 1.03. The second kappa shape index (κ2) is 33.7. The average molecular weight is 1560 g/mol. The van der Waals surface area contributed by atoms with Crippen molar-refractivity contribution < 1.29 is 60.1 Å². The van der Waals surface area contributed by atoms with Crippen LogP contribution in [-0.4, -0.2) is 127 Å². The molecule has 27 heteroatoms. The monoisotopic (exact) mass is 1560 g/mol. The molecule has 8 aromatic carbocycles. The van der Waals surface area contributed by atoms with Crippen molar-refractivity contribution in [3.8, 4) is 44.5 Å². The number of rotatable bonds is 22. The number of carbonyl (C=O) groups is 2. The SMILES string of the molecule is CC(=O)Nc1cccc(-c2ccc3c(c2)CC(NS(=O)(=O)C(C)C)C3)c1.CC(=O)c1cccc(-c2ccc3c(c2)CC(NS(=O)(=O)C(C)C)C3)c1.CC(C)S(=O)(=O)NC1Cc2ccc(-c3ccc(NS(C)(=O)=O)cc3)cc2C1.CC(C)S(=O)(=O)NC1Cc2ccc(-c3cccc(N(C)S(C)(=O)=O)c3)cc2C1. The Bertz CT molecular complexity index is 5300. The molecule has 6 N–H and O–H groups in total. The average Bonchev–Trinajstić information content (AvgIpc) is 1.38. The van der Waals surface area contributed by atoms with Crippen LogP contribution < -0.4 is 33.2 Å². The van der Waals surface area contributed by atoms with Gasteiger partial charge in [-0.3, -0.25) is 18.6 Å². The third-order valence-corrected chi connectivity index (χ3v) is 28.5. The molecule has 0 radical (unpaired) electrons. The van der Waals surface area contributed by atoms with Crippen molar-refractivity contribution in [1.29, 1.82) is 0 Å². The van der Waals surface area contributed by atoms with Gasteiger partial charge >= 0.3 is 0 Å². The zero-order valence-corrected chi connectivity index (χ0v) is 67.0. The van der Waals surface area contributed by atoms with Crippen molar-refractivity contribution in [3.63, 3.8) is 0 Å². The summed E-state index contributed by atoms with van der Waals surface area (Å²) in [4.78, 5) is 22.8. The maximum absolute atomic E-state index is 12.1. The van der Waals surface area contributed by atoms with Gasteiger partial charge in [0.2, 0.25) is 66.0 Å². The Hall–Kier alpha value is -7.96. The molecule has 0 aromatic heterocycles. The highest BCUT2D eigenvalue weighted by molar-refractivity contribution is 7.92. The van der Waals surface area contributed by atoms with Crippen LogP contribution in [0, 0.1) is 0 Å². The molecular formula is C79H97N7O14S6. The van der Waals surface area contributed by atoms with Gasteiger partial charge in [-0.25, -0.2) is 69.4 Å². The molecule has 0 saturated heterocycles. The van der Waals surface area contributed by atoms with Gasteiger partial charge in [-0.15, -0.1) is 0 Å². The topological polar surface area (TPSA) is 314 Å². The summed E-state index contributed by atoms with van der Waals surface area (Å²) in [6.45, 7) is 16.5. The molecule has 1 amide bonds. The highest BCUT2D eigenvalue weighted by Crippen LogP contribution is 2.35. The normalized spacial score (nSPS) is 16.9. The van der Waals surface area contributed by atoms with E-state index in [0.29, 0.717) is 61.9 Å². The van der Waals surface area contributed by atoms with Crippen LogP contribution in [0.15, 0.2) is 170 Å². The van der Waals surface area contributed by atoms with Crippen LogP contribution in [0.4, 0.5) is 17.1 Å². The van der Waals surface area contributed by atoms with Gasteiger partial charge in [-0.05, 0) is 245 Å². The molecule has 12 rings (SSSR count). The number of sulfonamides is 6. The molecule has 106 heavy (non-hydrogen) atoms. The number of hydrogen-bond acceptors (Lipinski definition) is 14. The maximum atomic E-state index is 12.1. The molecule has 4 atom stereocenters. The van der Waals surface area contributed by atoms with E-state index >= 15 is 0 Å². The first kappa shape index (κ1) is 82.1. The zero-order valence-electron chi connectivity index (χ0n) is 62.1. The summed E-state index contributed by atoms with van der Waals surface area (Å²) in [5.74, 6) is -0.0532. The number of anilines is 3. The molecule has 0 saturated carbocycles. The van der Waals surface area contributed by atoms with Gasteiger partial charge < -0.3 is 5.32 Å². The van der Waals surface area contributed by atoms with Crippen LogP contribution in [0.2, 0.25) is 0 Å². The second-order valence-electron chi connectivity index (χ2n) is 28.8. The third-order valence-electron chi connectivity index (χ3n) is 19.0. The van der Waals surface area contributed by atoms with E-state index in [0.717, 1.165) is 85.1 Å². The fraction of sp³-hybridized carbons (Fsp3) is 0.367. The van der Waals surface area contributed by atoms with Crippen LogP contribution in [0.1, 0.15) is 124 Å². The number of Topliss-reactive ketones (excluding diaryl/α,β-unsaturated/α-hetero) is 1. The smallest absolute Gasteiger partial charge is 0.231 e. The van der Waals surface area contributed by atoms with E-state index in [4.69, 9.17) is 0 Å². The van der Waals surface area contributed by atoms with Gasteiger partial charge in [0, 0.05) is 55.1 Å². The van der Waals surface area contributed by atoms with Crippen molar-refractivity contribution >= 4 is 88.9 Å². The van der Waals surface area contributed by atoms with E-state index < -0.39 is 81.1 Å². The fourth-order valence-electron chi connectivity index (χ4n) is 12.9. The molecule has 21 nitrogen and oxygen atoms in total. The summed E-state index contributed by atoms with van der Waals surface area (Å²) < 4.78 is 158. The Balaban J connectivity index is 0.000000164. The number of benzene rings is 8. The van der Waals surface area contributed by atoms with Gasteiger partial charge in [-0.2, -0.15) is 0 Å². The minimum Gasteiger partial charge on any atom is -0.326 e. The molecule has 0 heterocycles. The van der Waals surface area contributed by atoms with Gasteiger partial charge in [-0.1, -0.05) is 127 Å². The van der Waals surface area contributed by atoms with Crippen molar-refractivity contribution in [2.45, 2.75) is 166 Å². The largest absolute Gasteiger partial charge is 0.326 e. The summed E-state index contributed by atoms with van der Waals surface area (Å²) in [5.41, 5.74) is 19.9. The number of hydrogen-bond donors (Lipinski definition) is 6. The summed E-state index contributed by atoms with van der Waals surface area (Å²) in [6, 6.07) is 54.1. The molecule has 4 aliphatic carbocycles. The van der Waals surface area contributed by atoms with Gasteiger partial charge in [0.1, 0.15) is 0 Å². The molecule has 0 aliphatic heterocycles. The van der Waals surface area contributed by atoms with Crippen molar-refractivity contribution in [2.24, 2.45) is 0 Å². The lowest BCUT2D eigenvalue weighted by atomic mass is 9.98. The fourth-order valence-corrected chi connectivity index (χ4v) is 17.6. The standard InChI is InChI=1S/C20H26N2O4S2.C20H24N2O3S.C20H23NO3S.C19H24N2O4S2/c1-14(2)28(25,26)21-19-11-17-9-8-16(10-18(17)12-19)15-6-5-7-20(13-15)22(3)27(4,23)24;1-13(2)26(24,25)22-20-11-17-8-7-16(9-18(17)12-20)15-5-4-6-19(10-15)21-14(3)23;1-13(2)25(23,24)21-20-11-18-8-7-17(10-19(18)12-20)16-6-4-5-15(9-16)14(3)22;1-13(2)27(24,25)21-19-11-16-5-4-15(10-17(16)12-19)14-6-8-18(9-7-14)20-26(3,22)23/h5-10,13-14,19,21H,11-12H2,1-4H3;4-10,13,20,22H,11-12H2,1-3H3,(H,21,23);4-10,13,20-21H,11-12H2,1-3H3;4-10,13,19-21H,11-12H2,1-3H3. The summed E-state index contributed by atoms with van der Waals surface area (Å²) >= 11 is 0. The lowest BCUT2D eigenvalue weighted by Crippen LogP contribution is -2.39. The van der Waals surface area contributed by atoms with Crippen molar-refractivity contribution in [1.82, 2.24) is 18.9 Å². The molecule has 568 valence electrons. The lowest BCUT2D eigenvalue weighted by Gasteiger charge is -2.17. The molecule has 4 aliphatic rings. The zero-order chi connectivity index (χ0) is 77.6. The molecular weight excluding hydrogens is 1460 g/mol. The van der Waals surface area contributed by atoms with Gasteiger partial charge in [0.15, 0.2) is 5.78 Å². The predicted molar refractivity (Wildman–Crippen MR) is 427 cm³/mol. The number of amides is 1. The Morgan fingerprint density at radius 2 is 0.651 bits per heavy atom. The maximum Gasteiger partial charge on any atom is 0.231 e. The first-order valence-electron chi connectivity index (χ1n) is 35.1. The number of nitrogens with one attached hydrogen (secondary N) is 6. The van der Waals surface area contributed by atoms with E-state index in [1.807, 2.05) is 115 Å². The molecule has 0 bridgehead atoms.